The molecule has 2 aromatic carbocycles. The van der Waals surface area contributed by atoms with Crippen molar-refractivity contribution < 1.29 is 9.53 Å². The number of hydrogen-bond donors (Lipinski definition) is 1. The van der Waals surface area contributed by atoms with Gasteiger partial charge in [0.2, 0.25) is 5.91 Å². The van der Waals surface area contributed by atoms with Crippen LogP contribution in [0.4, 0.5) is 5.69 Å². The number of nitrogens with one attached hydrogen (secondary N) is 1. The highest BCUT2D eigenvalue weighted by atomic mass is 16.5. The molecule has 29 heavy (non-hydrogen) atoms. The number of para-hydroxylation sites is 2. The normalized spacial score (nSPS) is 11.0. The van der Waals surface area contributed by atoms with Gasteiger partial charge in [0.15, 0.2) is 0 Å². The topological polar surface area (TPSA) is 82.3 Å². The van der Waals surface area contributed by atoms with Crippen LogP contribution in [0.5, 0.6) is 0 Å². The van der Waals surface area contributed by atoms with Gasteiger partial charge >= 0.3 is 5.69 Å². The summed E-state index contributed by atoms with van der Waals surface area (Å²) in [6.45, 7) is 4.32. The molecular formula is C22H25N3O4. The van der Waals surface area contributed by atoms with Crippen molar-refractivity contribution in [2.45, 2.75) is 33.4 Å². The summed E-state index contributed by atoms with van der Waals surface area (Å²) in [5.41, 5.74) is 2.22. The van der Waals surface area contributed by atoms with E-state index >= 15 is 0 Å². The predicted molar refractivity (Wildman–Crippen MR) is 114 cm³/mol. The Kier molecular flexibility index (Phi) is 6.29. The highest BCUT2D eigenvalue weighted by Gasteiger charge is 2.16. The first-order chi connectivity index (χ1) is 13.9. The van der Waals surface area contributed by atoms with E-state index in [4.69, 9.17) is 4.74 Å². The van der Waals surface area contributed by atoms with E-state index in [1.807, 2.05) is 32.0 Å². The van der Waals surface area contributed by atoms with Crippen LogP contribution in [-0.4, -0.2) is 28.8 Å². The van der Waals surface area contributed by atoms with E-state index < -0.39 is 5.69 Å². The second kappa shape index (κ2) is 8.87. The van der Waals surface area contributed by atoms with Crippen molar-refractivity contribution in [2.75, 3.05) is 19.0 Å². The zero-order chi connectivity index (χ0) is 21.0. The summed E-state index contributed by atoms with van der Waals surface area (Å²) in [6.07, 6.45) is 0.526. The molecule has 152 valence electrons. The Morgan fingerprint density at radius 1 is 1.00 bits per heavy atom. The molecule has 0 saturated heterocycles. The minimum atomic E-state index is -0.499. The second-order valence-corrected chi connectivity index (χ2v) is 7.00. The number of anilines is 1. The van der Waals surface area contributed by atoms with E-state index in [1.54, 1.807) is 31.4 Å². The lowest BCUT2D eigenvalue weighted by atomic mass is 10.1. The van der Waals surface area contributed by atoms with Crippen LogP contribution < -0.4 is 16.6 Å². The maximum atomic E-state index is 13.0. The van der Waals surface area contributed by atoms with Gasteiger partial charge in [0.05, 0.1) is 10.9 Å². The number of ether oxygens (including phenoxy) is 1. The molecule has 0 spiro atoms. The summed E-state index contributed by atoms with van der Waals surface area (Å²) in [7, 11) is 1.57. The molecule has 7 nitrogen and oxygen atoms in total. The van der Waals surface area contributed by atoms with Gasteiger partial charge in [-0.2, -0.15) is 0 Å². The van der Waals surface area contributed by atoms with E-state index in [0.29, 0.717) is 23.9 Å². The third-order valence-electron chi connectivity index (χ3n) is 4.91. The van der Waals surface area contributed by atoms with Crippen LogP contribution in [0.1, 0.15) is 17.5 Å². The van der Waals surface area contributed by atoms with Crippen LogP contribution in [0.25, 0.3) is 10.9 Å². The lowest BCUT2D eigenvalue weighted by Gasteiger charge is -2.15. The van der Waals surface area contributed by atoms with Crippen molar-refractivity contribution in [1.29, 1.82) is 0 Å². The lowest BCUT2D eigenvalue weighted by molar-refractivity contribution is -0.116. The van der Waals surface area contributed by atoms with Crippen molar-refractivity contribution in [3.63, 3.8) is 0 Å². The quantitative estimate of drug-likeness (QED) is 0.623. The van der Waals surface area contributed by atoms with Crippen molar-refractivity contribution >= 4 is 22.5 Å². The molecule has 7 heteroatoms. The number of rotatable bonds is 7. The Balaban J connectivity index is 2.01. The maximum absolute atomic E-state index is 13.0. The molecule has 0 fully saturated rings. The molecule has 1 aromatic heterocycles. The van der Waals surface area contributed by atoms with Crippen molar-refractivity contribution in [3.05, 3.63) is 74.4 Å². The van der Waals surface area contributed by atoms with E-state index in [-0.39, 0.29) is 24.6 Å². The molecule has 0 bridgehead atoms. The fourth-order valence-electron chi connectivity index (χ4n) is 3.42. The number of carbonyl (C=O) groups is 1. The van der Waals surface area contributed by atoms with E-state index in [9.17, 15) is 14.4 Å². The average Bonchev–Trinajstić information content (AvgIpc) is 2.71. The predicted octanol–water partition coefficient (Wildman–Crippen LogP) is 2.46. The van der Waals surface area contributed by atoms with Gasteiger partial charge in [-0.15, -0.1) is 0 Å². The molecular weight excluding hydrogens is 370 g/mol. The summed E-state index contributed by atoms with van der Waals surface area (Å²) in [5, 5.41) is 3.31. The van der Waals surface area contributed by atoms with Crippen LogP contribution >= 0.6 is 0 Å². The summed E-state index contributed by atoms with van der Waals surface area (Å²) < 4.78 is 7.55. The minimum absolute atomic E-state index is 0.183. The first-order valence-corrected chi connectivity index (χ1v) is 9.51. The molecule has 0 saturated carbocycles. The fraction of sp³-hybridized carbons (Fsp3) is 0.318. The third kappa shape index (κ3) is 4.30. The van der Waals surface area contributed by atoms with Gasteiger partial charge in [0, 0.05) is 25.9 Å². The number of fused-ring (bicyclic) bond motifs is 1. The Morgan fingerprint density at radius 2 is 1.69 bits per heavy atom. The number of methoxy groups -OCH3 is 1. The van der Waals surface area contributed by atoms with Crippen LogP contribution in [0.15, 0.2) is 52.1 Å². The lowest BCUT2D eigenvalue weighted by Crippen LogP contribution is -2.42. The molecule has 0 atom stereocenters. The highest BCUT2D eigenvalue weighted by molar-refractivity contribution is 5.93. The SMILES string of the molecule is COCCCn1c(=O)c2ccccc2n(CC(=O)Nc2c(C)cccc2C)c1=O. The first-order valence-electron chi connectivity index (χ1n) is 9.51. The average molecular weight is 395 g/mol. The highest BCUT2D eigenvalue weighted by Crippen LogP contribution is 2.19. The van der Waals surface area contributed by atoms with E-state index in [2.05, 4.69) is 5.32 Å². The molecule has 3 aromatic rings. The fourth-order valence-corrected chi connectivity index (χ4v) is 3.42. The number of aromatic nitrogens is 2. The zero-order valence-electron chi connectivity index (χ0n) is 16.9. The zero-order valence-corrected chi connectivity index (χ0v) is 16.9. The van der Waals surface area contributed by atoms with Crippen LogP contribution in [0.3, 0.4) is 0 Å². The molecule has 1 heterocycles. The summed E-state index contributed by atoms with van der Waals surface area (Å²) in [6, 6.07) is 12.6. The maximum Gasteiger partial charge on any atom is 0.331 e. The molecule has 3 rings (SSSR count). The largest absolute Gasteiger partial charge is 0.385 e. The minimum Gasteiger partial charge on any atom is -0.385 e. The van der Waals surface area contributed by atoms with Gasteiger partial charge in [-0.25, -0.2) is 4.79 Å². The van der Waals surface area contributed by atoms with Crippen LogP contribution in [-0.2, 0) is 22.6 Å². The van der Waals surface area contributed by atoms with Crippen molar-refractivity contribution in [2.24, 2.45) is 0 Å². The summed E-state index contributed by atoms with van der Waals surface area (Å²) in [4.78, 5) is 38.6. The van der Waals surface area contributed by atoms with Gasteiger partial charge in [-0.3, -0.25) is 18.7 Å². The molecule has 1 amide bonds. The number of nitrogens with zero attached hydrogens (tertiary/aromatic N) is 2. The Labute approximate surface area is 168 Å². The first kappa shape index (κ1) is 20.5. The standard InChI is InChI=1S/C22H25N3O4/c1-15-8-6-9-16(2)20(15)23-19(26)14-25-18-11-5-4-10-17(18)21(27)24(22(25)28)12-7-13-29-3/h4-6,8-11H,7,12-14H2,1-3H3,(H,23,26). The van der Waals surface area contributed by atoms with Gasteiger partial charge in [0.25, 0.3) is 5.56 Å². The van der Waals surface area contributed by atoms with Gasteiger partial charge in [0.1, 0.15) is 6.54 Å². The molecule has 1 N–H and O–H groups in total. The smallest absolute Gasteiger partial charge is 0.331 e. The number of hydrogen-bond acceptors (Lipinski definition) is 4. The number of carbonyl (C=O) groups excluding carboxylic acids is 1. The number of amides is 1. The van der Waals surface area contributed by atoms with Gasteiger partial charge in [-0.1, -0.05) is 30.3 Å². The molecule has 0 radical (unpaired) electrons. The summed E-state index contributed by atoms with van der Waals surface area (Å²) >= 11 is 0. The summed E-state index contributed by atoms with van der Waals surface area (Å²) in [5.74, 6) is -0.322. The van der Waals surface area contributed by atoms with E-state index in [1.165, 1.54) is 9.13 Å². The Morgan fingerprint density at radius 3 is 2.38 bits per heavy atom. The van der Waals surface area contributed by atoms with Crippen LogP contribution in [0, 0.1) is 13.8 Å². The van der Waals surface area contributed by atoms with Gasteiger partial charge in [-0.05, 0) is 43.5 Å². The van der Waals surface area contributed by atoms with E-state index in [0.717, 1.165) is 16.8 Å². The molecule has 0 aliphatic carbocycles. The Hall–Kier alpha value is -3.19. The molecule has 0 aliphatic heterocycles. The third-order valence-corrected chi connectivity index (χ3v) is 4.91. The second-order valence-electron chi connectivity index (χ2n) is 7.00. The van der Waals surface area contributed by atoms with Crippen molar-refractivity contribution in [1.82, 2.24) is 9.13 Å². The van der Waals surface area contributed by atoms with Crippen molar-refractivity contribution in [3.8, 4) is 0 Å². The molecule has 0 aliphatic rings. The van der Waals surface area contributed by atoms with Crippen LogP contribution in [0.2, 0.25) is 0 Å². The van der Waals surface area contributed by atoms with Gasteiger partial charge < -0.3 is 10.1 Å². The monoisotopic (exact) mass is 395 g/mol. The number of benzene rings is 2. The Bertz CT molecular complexity index is 1140. The molecule has 0 unspecified atom stereocenters. The number of aryl methyl sites for hydroxylation is 2.